The van der Waals surface area contributed by atoms with Crippen molar-refractivity contribution in [1.29, 1.82) is 0 Å². The Kier molecular flexibility index (Phi) is 3.40. The van der Waals surface area contributed by atoms with Gasteiger partial charge in [-0.1, -0.05) is 18.2 Å². The molecule has 29 heavy (non-hydrogen) atoms. The van der Waals surface area contributed by atoms with Gasteiger partial charge in [0.2, 0.25) is 0 Å². The van der Waals surface area contributed by atoms with Crippen LogP contribution in [0.1, 0.15) is 98.5 Å². The molecule has 8 fully saturated rings. The molecule has 0 atom stereocenters. The zero-order valence-corrected chi connectivity index (χ0v) is 17.5. The molecule has 2 heteroatoms. The van der Waals surface area contributed by atoms with Gasteiger partial charge in [-0.25, -0.2) is 4.79 Å². The molecule has 1 aromatic carbocycles. The summed E-state index contributed by atoms with van der Waals surface area (Å²) in [5, 5.41) is 10.5. The van der Waals surface area contributed by atoms with Gasteiger partial charge in [0.15, 0.2) is 0 Å². The first-order valence-electron chi connectivity index (χ1n) is 12.4. The van der Waals surface area contributed by atoms with Crippen LogP contribution in [0.5, 0.6) is 0 Å². The van der Waals surface area contributed by atoms with Gasteiger partial charge in [-0.3, -0.25) is 0 Å². The topological polar surface area (TPSA) is 37.3 Å². The first kappa shape index (κ1) is 17.4. The van der Waals surface area contributed by atoms with Crippen LogP contribution >= 0.6 is 0 Å². The van der Waals surface area contributed by atoms with E-state index in [0.29, 0.717) is 0 Å². The van der Waals surface area contributed by atoms with Crippen LogP contribution in [0.2, 0.25) is 0 Å². The summed E-state index contributed by atoms with van der Waals surface area (Å²) in [5.41, 5.74) is 3.59. The van der Waals surface area contributed by atoms with Crippen molar-refractivity contribution in [1.82, 2.24) is 0 Å². The summed E-state index contributed by atoms with van der Waals surface area (Å²) in [4.78, 5) is 12.8. The minimum atomic E-state index is -0.637. The summed E-state index contributed by atoms with van der Waals surface area (Å²) in [6, 6.07) is 6.72. The Morgan fingerprint density at radius 2 is 0.966 bits per heavy atom. The Hall–Kier alpha value is -1.31. The van der Waals surface area contributed by atoms with Crippen LogP contribution in [-0.2, 0) is 10.8 Å². The monoisotopic (exact) mass is 390 g/mol. The molecule has 154 valence electrons. The van der Waals surface area contributed by atoms with Gasteiger partial charge in [0.25, 0.3) is 0 Å². The quantitative estimate of drug-likeness (QED) is 0.655. The van der Waals surface area contributed by atoms with Crippen molar-refractivity contribution in [3.8, 4) is 0 Å². The van der Waals surface area contributed by atoms with Crippen molar-refractivity contribution in [2.24, 2.45) is 35.5 Å². The number of carbonyl (C=O) groups is 1. The molecule has 0 spiro atoms. The summed E-state index contributed by atoms with van der Waals surface area (Å²) in [5.74, 6) is 4.48. The van der Waals surface area contributed by atoms with E-state index in [1.807, 2.05) is 0 Å². The van der Waals surface area contributed by atoms with Crippen LogP contribution in [0.4, 0.5) is 0 Å². The zero-order chi connectivity index (χ0) is 19.4. The minimum absolute atomic E-state index is 0.167. The molecule has 0 aliphatic heterocycles. The molecule has 0 heterocycles. The molecule has 0 amide bonds. The number of carboxylic acid groups (broad SMARTS) is 1. The van der Waals surface area contributed by atoms with Crippen molar-refractivity contribution in [2.45, 2.75) is 87.9 Å². The molecule has 0 saturated heterocycles. The van der Waals surface area contributed by atoms with Crippen molar-refractivity contribution < 1.29 is 9.90 Å². The number of hydrogen-bond acceptors (Lipinski definition) is 1. The standard InChI is InChI=1S/C27H34O2/c28-25(29)24-22(26-10-16-4-17(11-26)6-18(5-16)12-26)2-1-3-23(24)27-13-19-7-20(14-27)9-21(8-19)15-27/h1-3,16-21H,4-15H2,(H,28,29). The lowest BCUT2D eigenvalue weighted by molar-refractivity contribution is -0.00958. The lowest BCUT2D eigenvalue weighted by Gasteiger charge is -2.59. The van der Waals surface area contributed by atoms with Crippen molar-refractivity contribution in [3.63, 3.8) is 0 Å². The van der Waals surface area contributed by atoms with E-state index in [-0.39, 0.29) is 10.8 Å². The van der Waals surface area contributed by atoms with Gasteiger partial charge in [0.1, 0.15) is 0 Å². The van der Waals surface area contributed by atoms with Gasteiger partial charge < -0.3 is 5.11 Å². The second-order valence-corrected chi connectivity index (χ2v) is 12.4. The van der Waals surface area contributed by atoms with E-state index >= 15 is 0 Å². The third-order valence-corrected chi connectivity index (χ3v) is 10.5. The van der Waals surface area contributed by atoms with Gasteiger partial charge >= 0.3 is 5.97 Å². The van der Waals surface area contributed by atoms with Gasteiger partial charge in [0.05, 0.1) is 5.56 Å². The van der Waals surface area contributed by atoms with E-state index in [2.05, 4.69) is 18.2 Å². The lowest BCUT2D eigenvalue weighted by Crippen LogP contribution is -2.51. The van der Waals surface area contributed by atoms with Gasteiger partial charge in [-0.2, -0.15) is 0 Å². The maximum Gasteiger partial charge on any atom is 0.336 e. The van der Waals surface area contributed by atoms with Gasteiger partial charge in [-0.05, 0) is 135 Å². The third-order valence-electron chi connectivity index (χ3n) is 10.5. The average molecular weight is 391 g/mol. The smallest absolute Gasteiger partial charge is 0.336 e. The number of benzene rings is 1. The number of carboxylic acids is 1. The summed E-state index contributed by atoms with van der Waals surface area (Å²) in [6.45, 7) is 0. The molecular weight excluding hydrogens is 356 g/mol. The Balaban J connectivity index is 1.38. The number of aromatic carboxylic acids is 1. The fourth-order valence-corrected chi connectivity index (χ4v) is 10.5. The Morgan fingerprint density at radius 3 is 1.24 bits per heavy atom. The summed E-state index contributed by atoms with van der Waals surface area (Å²) in [6.07, 6.45) is 16.0. The third kappa shape index (κ3) is 2.38. The molecule has 1 N–H and O–H groups in total. The molecule has 8 aliphatic rings. The van der Waals surface area contributed by atoms with Crippen molar-refractivity contribution >= 4 is 5.97 Å². The van der Waals surface area contributed by atoms with Crippen LogP contribution in [0.15, 0.2) is 18.2 Å². The van der Waals surface area contributed by atoms with E-state index in [0.717, 1.165) is 41.1 Å². The van der Waals surface area contributed by atoms with Crippen molar-refractivity contribution in [3.05, 3.63) is 34.9 Å². The summed E-state index contributed by atoms with van der Waals surface area (Å²) in [7, 11) is 0. The lowest BCUT2D eigenvalue weighted by atomic mass is 9.46. The van der Waals surface area contributed by atoms with Crippen LogP contribution in [0.25, 0.3) is 0 Å². The van der Waals surface area contributed by atoms with E-state index in [4.69, 9.17) is 0 Å². The Bertz CT molecular complexity index is 748. The maximum atomic E-state index is 12.8. The molecule has 0 aromatic heterocycles. The first-order chi connectivity index (χ1) is 14.0. The van der Waals surface area contributed by atoms with E-state index in [9.17, 15) is 9.90 Å². The summed E-state index contributed by atoms with van der Waals surface area (Å²) >= 11 is 0. The molecule has 0 radical (unpaired) electrons. The average Bonchev–Trinajstić information content (AvgIpc) is 2.65. The molecule has 8 bridgehead atoms. The van der Waals surface area contributed by atoms with Crippen LogP contribution in [-0.4, -0.2) is 11.1 Å². The summed E-state index contributed by atoms with van der Waals surface area (Å²) < 4.78 is 0. The largest absolute Gasteiger partial charge is 0.478 e. The fourth-order valence-electron chi connectivity index (χ4n) is 10.5. The molecule has 8 saturated carbocycles. The number of hydrogen-bond donors (Lipinski definition) is 1. The van der Waals surface area contributed by atoms with Crippen LogP contribution in [0.3, 0.4) is 0 Å². The van der Waals surface area contributed by atoms with Crippen molar-refractivity contribution in [2.75, 3.05) is 0 Å². The van der Waals surface area contributed by atoms with Crippen LogP contribution in [0, 0.1) is 35.5 Å². The predicted octanol–water partition coefficient (Wildman–Crippen LogP) is 6.32. The highest BCUT2D eigenvalue weighted by Gasteiger charge is 2.55. The second kappa shape index (κ2) is 5.68. The minimum Gasteiger partial charge on any atom is -0.478 e. The van der Waals surface area contributed by atoms with E-state index in [1.165, 1.54) is 88.2 Å². The molecule has 2 nitrogen and oxygen atoms in total. The zero-order valence-electron chi connectivity index (χ0n) is 17.5. The predicted molar refractivity (Wildman–Crippen MR) is 113 cm³/mol. The molecule has 8 aliphatic carbocycles. The normalized spacial score (nSPS) is 49.0. The molecular formula is C27H34O2. The van der Waals surface area contributed by atoms with E-state index < -0.39 is 5.97 Å². The highest BCUT2D eigenvalue weighted by molar-refractivity contribution is 5.92. The second-order valence-electron chi connectivity index (χ2n) is 12.4. The molecule has 1 aromatic rings. The van der Waals surface area contributed by atoms with Gasteiger partial charge in [-0.15, -0.1) is 0 Å². The maximum absolute atomic E-state index is 12.8. The highest BCUT2D eigenvalue weighted by Crippen LogP contribution is 2.64. The fraction of sp³-hybridized carbons (Fsp3) is 0.741. The Morgan fingerprint density at radius 1 is 0.655 bits per heavy atom. The number of rotatable bonds is 3. The molecule has 0 unspecified atom stereocenters. The van der Waals surface area contributed by atoms with Gasteiger partial charge in [0, 0.05) is 0 Å². The van der Waals surface area contributed by atoms with Crippen LogP contribution < -0.4 is 0 Å². The Labute approximate surface area is 174 Å². The van der Waals surface area contributed by atoms with E-state index in [1.54, 1.807) is 0 Å². The molecule has 9 rings (SSSR count). The SMILES string of the molecule is O=C(O)c1c(C23CC4CC(CC(C4)C2)C3)cccc1C12CC3CC(CC(C3)C1)C2. The first-order valence-corrected chi connectivity index (χ1v) is 12.4. The highest BCUT2D eigenvalue weighted by atomic mass is 16.4.